The molecule has 0 aromatic heterocycles. The lowest BCUT2D eigenvalue weighted by atomic mass is 9.97. The van der Waals surface area contributed by atoms with Crippen LogP contribution in [0.15, 0.2) is 85.5 Å². The van der Waals surface area contributed by atoms with E-state index in [4.69, 9.17) is 11.6 Å². The zero-order valence-corrected chi connectivity index (χ0v) is 24.4. The van der Waals surface area contributed by atoms with E-state index >= 15 is 22.0 Å². The molecule has 0 fully saturated rings. The lowest BCUT2D eigenvalue weighted by Crippen LogP contribution is -2.25. The first-order valence-corrected chi connectivity index (χ1v) is 14.0. The van der Waals surface area contributed by atoms with Gasteiger partial charge in [-0.3, -0.25) is 0 Å². The number of hydrogen-bond acceptors (Lipinski definition) is 1. The summed E-state index contributed by atoms with van der Waals surface area (Å²) in [5.41, 5.74) is -2.99. The molecule has 0 saturated carbocycles. The van der Waals surface area contributed by atoms with Crippen molar-refractivity contribution in [1.82, 2.24) is 0 Å². The molecular weight excluding hydrogens is 662 g/mol. The third-order valence-electron chi connectivity index (χ3n) is 7.12. The maximum Gasteiger partial charge on any atom is 0.432 e. The van der Waals surface area contributed by atoms with E-state index in [9.17, 15) is 22.0 Å². The Hall–Kier alpha value is -4.77. The largest absolute Gasteiger partial charge is 0.432 e. The van der Waals surface area contributed by atoms with Gasteiger partial charge in [0.15, 0.2) is 17.5 Å². The number of benzene rings is 5. The molecule has 1 nitrogen and oxygen atoms in total. The molecule has 0 aliphatic carbocycles. The van der Waals surface area contributed by atoms with Crippen LogP contribution in [0.4, 0.5) is 43.9 Å². The van der Waals surface area contributed by atoms with E-state index in [0.717, 1.165) is 24.5 Å². The van der Waals surface area contributed by atoms with E-state index < -0.39 is 86.2 Å². The molecule has 0 atom stereocenters. The van der Waals surface area contributed by atoms with Gasteiger partial charge in [-0.15, -0.1) is 6.58 Å². The van der Waals surface area contributed by atoms with E-state index in [1.54, 1.807) is 18.2 Å². The van der Waals surface area contributed by atoms with Crippen LogP contribution >= 0.6 is 11.6 Å². The number of aryl methyl sites for hydroxylation is 1. The van der Waals surface area contributed by atoms with Gasteiger partial charge in [0.1, 0.15) is 40.4 Å². The first kappa shape index (κ1) is 33.6. The third-order valence-corrected chi connectivity index (χ3v) is 7.42. The van der Waals surface area contributed by atoms with Gasteiger partial charge in [0.2, 0.25) is 0 Å². The Kier molecular flexibility index (Phi) is 9.40. The summed E-state index contributed by atoms with van der Waals surface area (Å²) in [7, 11) is 0. The molecule has 0 heterocycles. The summed E-state index contributed by atoms with van der Waals surface area (Å²) < 4.78 is 150. The van der Waals surface area contributed by atoms with Crippen molar-refractivity contribution >= 4 is 11.6 Å². The minimum Gasteiger partial charge on any atom is -0.429 e. The van der Waals surface area contributed by atoms with E-state index in [1.165, 1.54) is 6.07 Å². The fraction of sp³-hybridized carbons (Fsp3) is 0.0857. The van der Waals surface area contributed by atoms with Crippen LogP contribution in [0.1, 0.15) is 17.5 Å². The predicted octanol–water partition coefficient (Wildman–Crippen LogP) is 11.7. The second-order valence-electron chi connectivity index (χ2n) is 10.3. The zero-order valence-electron chi connectivity index (χ0n) is 23.7. The van der Waals surface area contributed by atoms with E-state index in [-0.39, 0.29) is 29.3 Å². The summed E-state index contributed by atoms with van der Waals surface area (Å²) in [5.74, 6) is -14.9. The Morgan fingerprint density at radius 1 is 0.596 bits per heavy atom. The van der Waals surface area contributed by atoms with Crippen LogP contribution < -0.4 is 4.74 Å². The first-order valence-electron chi connectivity index (χ1n) is 13.6. The second-order valence-corrected chi connectivity index (χ2v) is 10.7. The topological polar surface area (TPSA) is 9.23 Å². The van der Waals surface area contributed by atoms with Crippen LogP contribution in [0.5, 0.6) is 5.75 Å². The maximum absolute atomic E-state index is 15.3. The number of allylic oxidation sites excluding steroid dienone is 1. The van der Waals surface area contributed by atoms with Gasteiger partial charge in [0, 0.05) is 17.7 Å². The standard InChI is InChI=1S/C35H19ClF10O/c1-2-3-4-17-5-7-18(8-6-17)19-9-23(36)31(24(37)10-19)20-11-27(40)33(28(41)12-20)35(45,46)47-22-15-25(38)32(26(39)16-22)21-13-29(42)34(44)30(43)14-21/h2,5-16H,1,3-4H2. The van der Waals surface area contributed by atoms with Gasteiger partial charge in [-0.2, -0.15) is 8.78 Å². The molecule has 47 heavy (non-hydrogen) atoms. The number of hydrogen-bond donors (Lipinski definition) is 0. The van der Waals surface area contributed by atoms with Gasteiger partial charge in [0.05, 0.1) is 10.6 Å². The first-order chi connectivity index (χ1) is 22.2. The highest BCUT2D eigenvalue weighted by atomic mass is 35.5. The molecule has 5 aromatic rings. The molecule has 5 rings (SSSR count). The highest BCUT2D eigenvalue weighted by Gasteiger charge is 2.42. The highest BCUT2D eigenvalue weighted by Crippen LogP contribution is 2.41. The summed E-state index contributed by atoms with van der Waals surface area (Å²) in [6.45, 7) is 3.66. The van der Waals surface area contributed by atoms with Crippen molar-refractivity contribution in [3.8, 4) is 39.1 Å². The molecule has 0 N–H and O–H groups in total. The highest BCUT2D eigenvalue weighted by molar-refractivity contribution is 6.33. The smallest absolute Gasteiger partial charge is 0.429 e. The summed E-state index contributed by atoms with van der Waals surface area (Å²) in [6, 6.07) is 11.2. The van der Waals surface area contributed by atoms with Gasteiger partial charge < -0.3 is 4.74 Å². The number of ether oxygens (including phenoxy) is 1. The molecule has 0 radical (unpaired) electrons. The monoisotopic (exact) mass is 680 g/mol. The molecule has 0 unspecified atom stereocenters. The van der Waals surface area contributed by atoms with Gasteiger partial charge in [-0.25, -0.2) is 35.1 Å². The SMILES string of the molecule is C=CCCc1ccc(-c2cc(F)c(-c3cc(F)c(C(F)(F)Oc4cc(F)c(-c5cc(F)c(F)c(F)c5)c(F)c4)c(F)c3)c(Cl)c2)cc1. The Morgan fingerprint density at radius 3 is 1.62 bits per heavy atom. The normalized spacial score (nSPS) is 11.6. The molecule has 0 spiro atoms. The molecule has 0 amide bonds. The predicted molar refractivity (Wildman–Crippen MR) is 157 cm³/mol. The fourth-order valence-corrected chi connectivity index (χ4v) is 5.24. The molecule has 0 bridgehead atoms. The Bertz CT molecular complexity index is 1920. The Labute approximate surface area is 266 Å². The lowest BCUT2D eigenvalue weighted by molar-refractivity contribution is -0.189. The molecular formula is C35H19ClF10O. The van der Waals surface area contributed by atoms with Crippen LogP contribution in [-0.2, 0) is 12.5 Å². The molecule has 0 aliphatic rings. The molecule has 12 heteroatoms. The molecule has 0 saturated heterocycles. The summed E-state index contributed by atoms with van der Waals surface area (Å²) in [5, 5.41) is -0.280. The minimum absolute atomic E-state index is 0.168. The summed E-state index contributed by atoms with van der Waals surface area (Å²) in [6.07, 6.45) is -1.61. The Morgan fingerprint density at radius 2 is 1.09 bits per heavy atom. The van der Waals surface area contributed by atoms with Gasteiger partial charge in [-0.1, -0.05) is 41.9 Å². The number of halogens is 11. The fourth-order valence-electron chi connectivity index (χ4n) is 4.93. The number of rotatable bonds is 9. The van der Waals surface area contributed by atoms with Crippen LogP contribution in [-0.4, -0.2) is 0 Å². The van der Waals surface area contributed by atoms with Crippen molar-refractivity contribution in [3.05, 3.63) is 148 Å². The van der Waals surface area contributed by atoms with Crippen LogP contribution in [0, 0.1) is 46.5 Å². The Balaban J connectivity index is 1.43. The average molecular weight is 681 g/mol. The quantitative estimate of drug-likeness (QED) is 0.0855. The van der Waals surface area contributed by atoms with Crippen molar-refractivity contribution in [2.45, 2.75) is 19.0 Å². The van der Waals surface area contributed by atoms with Crippen LogP contribution in [0.25, 0.3) is 33.4 Å². The number of alkyl halides is 2. The van der Waals surface area contributed by atoms with Crippen molar-refractivity contribution < 1.29 is 48.6 Å². The van der Waals surface area contributed by atoms with Gasteiger partial charge >= 0.3 is 6.11 Å². The van der Waals surface area contributed by atoms with Gasteiger partial charge in [-0.05, 0) is 77.1 Å². The minimum atomic E-state index is -4.88. The van der Waals surface area contributed by atoms with E-state index in [2.05, 4.69) is 11.3 Å². The zero-order chi connectivity index (χ0) is 34.2. The average Bonchev–Trinajstić information content (AvgIpc) is 2.97. The molecule has 242 valence electrons. The van der Waals surface area contributed by atoms with Crippen molar-refractivity contribution in [3.63, 3.8) is 0 Å². The van der Waals surface area contributed by atoms with Crippen molar-refractivity contribution in [2.24, 2.45) is 0 Å². The molecule has 0 aliphatic heterocycles. The molecule has 5 aromatic carbocycles. The summed E-state index contributed by atoms with van der Waals surface area (Å²) >= 11 is 6.27. The van der Waals surface area contributed by atoms with E-state index in [1.807, 2.05) is 12.1 Å². The van der Waals surface area contributed by atoms with E-state index in [0.29, 0.717) is 23.3 Å². The van der Waals surface area contributed by atoms with Crippen LogP contribution in [0.3, 0.4) is 0 Å². The van der Waals surface area contributed by atoms with Crippen LogP contribution in [0.2, 0.25) is 5.02 Å². The van der Waals surface area contributed by atoms with Crippen molar-refractivity contribution in [2.75, 3.05) is 0 Å². The lowest BCUT2D eigenvalue weighted by Gasteiger charge is -2.21. The van der Waals surface area contributed by atoms with Gasteiger partial charge in [0.25, 0.3) is 0 Å². The third kappa shape index (κ3) is 6.85. The summed E-state index contributed by atoms with van der Waals surface area (Å²) in [4.78, 5) is 0. The van der Waals surface area contributed by atoms with Crippen molar-refractivity contribution in [1.29, 1.82) is 0 Å². The maximum atomic E-state index is 15.3. The second kappa shape index (κ2) is 13.2.